The van der Waals surface area contributed by atoms with Crippen LogP contribution in [0.3, 0.4) is 0 Å². The van der Waals surface area contributed by atoms with E-state index in [0.717, 1.165) is 38.8 Å². The van der Waals surface area contributed by atoms with Gasteiger partial charge in [-0.1, -0.05) is 33.1 Å². The summed E-state index contributed by atoms with van der Waals surface area (Å²) in [4.78, 5) is 14.3. The molecule has 0 aromatic heterocycles. The van der Waals surface area contributed by atoms with Gasteiger partial charge in [-0.25, -0.2) is 0 Å². The van der Waals surface area contributed by atoms with Crippen LogP contribution in [0.25, 0.3) is 0 Å². The number of likely N-dealkylation sites (tertiary alicyclic amines) is 1. The zero-order valence-electron chi connectivity index (χ0n) is 11.4. The molecule has 0 amide bonds. The Balaban J connectivity index is 2.37. The zero-order valence-corrected chi connectivity index (χ0v) is 11.4. The molecule has 1 saturated heterocycles. The monoisotopic (exact) mass is 241 g/mol. The lowest BCUT2D eigenvalue weighted by Gasteiger charge is -2.33. The number of nitrogens with zero attached hydrogens (tertiary/aromatic N) is 1. The van der Waals surface area contributed by atoms with Gasteiger partial charge in [-0.05, 0) is 38.8 Å². The molecule has 1 atom stereocenters. The van der Waals surface area contributed by atoms with Gasteiger partial charge in [-0.3, -0.25) is 9.69 Å². The first-order chi connectivity index (χ1) is 8.29. The Labute approximate surface area is 106 Å². The third-order valence-corrected chi connectivity index (χ3v) is 3.43. The summed E-state index contributed by atoms with van der Waals surface area (Å²) in [6.45, 7) is 7.01. The van der Waals surface area contributed by atoms with Crippen molar-refractivity contribution in [2.24, 2.45) is 0 Å². The number of rotatable bonds is 7. The summed E-state index contributed by atoms with van der Waals surface area (Å²) < 4.78 is 5.35. The van der Waals surface area contributed by atoms with Crippen LogP contribution in [0.1, 0.15) is 58.8 Å². The lowest BCUT2D eigenvalue weighted by atomic mass is 10.0. The lowest BCUT2D eigenvalue weighted by molar-refractivity contribution is -0.151. The second kappa shape index (κ2) is 8.51. The molecule has 0 aromatic carbocycles. The molecule has 1 aliphatic rings. The standard InChI is InChI=1S/C14H27NO2/c1-3-5-10-15-11-8-7-9-13(15)14(16)17-12-6-4-2/h13H,3-12H2,1-2H3/t13-/m1/s1. The molecule has 1 aliphatic heterocycles. The molecule has 0 spiro atoms. The molecule has 1 heterocycles. The first kappa shape index (κ1) is 14.5. The molecule has 3 heteroatoms. The Morgan fingerprint density at radius 1 is 1.24 bits per heavy atom. The first-order valence-corrected chi connectivity index (χ1v) is 7.20. The Morgan fingerprint density at radius 2 is 2.00 bits per heavy atom. The van der Waals surface area contributed by atoms with Crippen LogP contribution in [0.4, 0.5) is 0 Å². The summed E-state index contributed by atoms with van der Waals surface area (Å²) in [6, 6.07) is 0.0344. The number of carbonyl (C=O) groups is 1. The molecule has 0 aromatic rings. The van der Waals surface area contributed by atoms with E-state index in [1.54, 1.807) is 0 Å². The lowest BCUT2D eigenvalue weighted by Crippen LogP contribution is -2.45. The highest BCUT2D eigenvalue weighted by Gasteiger charge is 2.29. The largest absolute Gasteiger partial charge is 0.465 e. The summed E-state index contributed by atoms with van der Waals surface area (Å²) >= 11 is 0. The molecule has 0 bridgehead atoms. The minimum atomic E-state index is 0.00857. The van der Waals surface area contributed by atoms with Gasteiger partial charge in [-0.2, -0.15) is 0 Å². The quantitative estimate of drug-likeness (QED) is 0.507. The first-order valence-electron chi connectivity index (χ1n) is 7.20. The number of esters is 1. The van der Waals surface area contributed by atoms with Crippen LogP contribution in [0.5, 0.6) is 0 Å². The molecule has 0 aliphatic carbocycles. The Bertz CT molecular complexity index is 218. The van der Waals surface area contributed by atoms with E-state index in [-0.39, 0.29) is 12.0 Å². The highest BCUT2D eigenvalue weighted by atomic mass is 16.5. The highest BCUT2D eigenvalue weighted by Crippen LogP contribution is 2.18. The summed E-state index contributed by atoms with van der Waals surface area (Å²) in [7, 11) is 0. The van der Waals surface area contributed by atoms with E-state index in [2.05, 4.69) is 18.7 Å². The van der Waals surface area contributed by atoms with Crippen LogP contribution in [0.15, 0.2) is 0 Å². The van der Waals surface area contributed by atoms with E-state index in [9.17, 15) is 4.79 Å². The van der Waals surface area contributed by atoms with E-state index in [4.69, 9.17) is 4.74 Å². The van der Waals surface area contributed by atoms with Gasteiger partial charge in [0.15, 0.2) is 0 Å². The molecular weight excluding hydrogens is 214 g/mol. The molecule has 3 nitrogen and oxygen atoms in total. The number of piperidine rings is 1. The Kier molecular flexibility index (Phi) is 7.25. The minimum Gasteiger partial charge on any atom is -0.465 e. The second-order valence-corrected chi connectivity index (χ2v) is 4.92. The van der Waals surface area contributed by atoms with Crippen molar-refractivity contribution >= 4 is 5.97 Å². The van der Waals surface area contributed by atoms with Crippen molar-refractivity contribution in [3.05, 3.63) is 0 Å². The second-order valence-electron chi connectivity index (χ2n) is 4.92. The smallest absolute Gasteiger partial charge is 0.323 e. The van der Waals surface area contributed by atoms with Gasteiger partial charge >= 0.3 is 5.97 Å². The van der Waals surface area contributed by atoms with Crippen molar-refractivity contribution < 1.29 is 9.53 Å². The van der Waals surface area contributed by atoms with Gasteiger partial charge in [0, 0.05) is 0 Å². The predicted molar refractivity (Wildman–Crippen MR) is 70.0 cm³/mol. The molecular formula is C14H27NO2. The molecule has 1 fully saturated rings. The van der Waals surface area contributed by atoms with E-state index in [1.165, 1.54) is 19.3 Å². The van der Waals surface area contributed by atoms with Crippen molar-refractivity contribution in [1.82, 2.24) is 4.90 Å². The SMILES string of the molecule is CCCCOC(=O)[C@H]1CCCCN1CCCC. The van der Waals surface area contributed by atoms with Crippen LogP contribution < -0.4 is 0 Å². The Hall–Kier alpha value is -0.570. The van der Waals surface area contributed by atoms with Crippen molar-refractivity contribution in [1.29, 1.82) is 0 Å². The van der Waals surface area contributed by atoms with Gasteiger partial charge in [0.05, 0.1) is 6.61 Å². The van der Waals surface area contributed by atoms with Crippen LogP contribution in [-0.4, -0.2) is 36.6 Å². The zero-order chi connectivity index (χ0) is 12.5. The molecule has 1 rings (SSSR count). The predicted octanol–water partition coefficient (Wildman–Crippen LogP) is 2.98. The molecule has 17 heavy (non-hydrogen) atoms. The van der Waals surface area contributed by atoms with Gasteiger partial charge in [0.2, 0.25) is 0 Å². The number of carbonyl (C=O) groups excluding carboxylic acids is 1. The van der Waals surface area contributed by atoms with Gasteiger partial charge in [-0.15, -0.1) is 0 Å². The van der Waals surface area contributed by atoms with Crippen LogP contribution >= 0.6 is 0 Å². The average Bonchev–Trinajstić information content (AvgIpc) is 2.37. The maximum atomic E-state index is 12.0. The molecule has 0 N–H and O–H groups in total. The number of ether oxygens (including phenoxy) is 1. The molecule has 0 radical (unpaired) electrons. The van der Waals surface area contributed by atoms with E-state index in [0.29, 0.717) is 6.61 Å². The topological polar surface area (TPSA) is 29.5 Å². The summed E-state index contributed by atoms with van der Waals surface area (Å²) in [5, 5.41) is 0. The average molecular weight is 241 g/mol. The van der Waals surface area contributed by atoms with Crippen molar-refractivity contribution in [2.45, 2.75) is 64.8 Å². The third-order valence-electron chi connectivity index (χ3n) is 3.43. The van der Waals surface area contributed by atoms with Gasteiger partial charge in [0.1, 0.15) is 6.04 Å². The third kappa shape index (κ3) is 5.07. The molecule has 100 valence electrons. The Morgan fingerprint density at radius 3 is 2.71 bits per heavy atom. The van der Waals surface area contributed by atoms with Crippen LogP contribution in [-0.2, 0) is 9.53 Å². The van der Waals surface area contributed by atoms with Crippen LogP contribution in [0.2, 0.25) is 0 Å². The summed E-state index contributed by atoms with van der Waals surface area (Å²) in [5.41, 5.74) is 0. The fourth-order valence-corrected chi connectivity index (χ4v) is 2.30. The summed E-state index contributed by atoms with van der Waals surface area (Å²) in [6.07, 6.45) is 7.80. The maximum Gasteiger partial charge on any atom is 0.323 e. The number of unbranched alkanes of at least 4 members (excludes halogenated alkanes) is 2. The van der Waals surface area contributed by atoms with E-state index in [1.807, 2.05) is 0 Å². The number of hydrogen-bond donors (Lipinski definition) is 0. The number of hydrogen-bond acceptors (Lipinski definition) is 3. The van der Waals surface area contributed by atoms with Crippen LogP contribution in [0, 0.1) is 0 Å². The van der Waals surface area contributed by atoms with Gasteiger partial charge < -0.3 is 4.74 Å². The molecule has 0 saturated carbocycles. The fraction of sp³-hybridized carbons (Fsp3) is 0.929. The molecule has 0 unspecified atom stereocenters. The highest BCUT2D eigenvalue weighted by molar-refractivity contribution is 5.75. The van der Waals surface area contributed by atoms with Crippen molar-refractivity contribution in [3.63, 3.8) is 0 Å². The van der Waals surface area contributed by atoms with Crippen molar-refractivity contribution in [2.75, 3.05) is 19.7 Å². The van der Waals surface area contributed by atoms with Gasteiger partial charge in [0.25, 0.3) is 0 Å². The summed E-state index contributed by atoms with van der Waals surface area (Å²) in [5.74, 6) is 0.00857. The van der Waals surface area contributed by atoms with E-state index < -0.39 is 0 Å². The minimum absolute atomic E-state index is 0.00857. The van der Waals surface area contributed by atoms with E-state index >= 15 is 0 Å². The maximum absolute atomic E-state index is 12.0. The van der Waals surface area contributed by atoms with Crippen molar-refractivity contribution in [3.8, 4) is 0 Å². The normalized spacial score (nSPS) is 21.4. The fourth-order valence-electron chi connectivity index (χ4n) is 2.30.